The Bertz CT molecular complexity index is 3250. The molecule has 0 bridgehead atoms. The maximum atomic E-state index is 5.35. The highest BCUT2D eigenvalue weighted by molar-refractivity contribution is 7.26. The molecule has 0 N–H and O–H groups in total. The number of hydrogen-bond donors (Lipinski definition) is 0. The molecule has 0 spiro atoms. The van der Waals surface area contributed by atoms with E-state index >= 15 is 0 Å². The zero-order valence-corrected chi connectivity index (χ0v) is 31.0. The fourth-order valence-electron chi connectivity index (χ4n) is 8.13. The number of aromatic nitrogens is 4. The van der Waals surface area contributed by atoms with Gasteiger partial charge in [-0.3, -0.25) is 0 Å². The van der Waals surface area contributed by atoms with Crippen molar-refractivity contribution in [3.63, 3.8) is 0 Å². The van der Waals surface area contributed by atoms with Crippen LogP contribution in [-0.2, 0) is 0 Å². The quantitative estimate of drug-likeness (QED) is 0.171. The maximum absolute atomic E-state index is 5.35. The van der Waals surface area contributed by atoms with Crippen LogP contribution in [0.1, 0.15) is 0 Å². The average Bonchev–Trinajstić information content (AvgIpc) is 3.82. The number of para-hydroxylation sites is 2. The van der Waals surface area contributed by atoms with E-state index in [0.717, 1.165) is 50.1 Å². The molecule has 3 heterocycles. The van der Waals surface area contributed by atoms with Crippen LogP contribution in [-0.4, -0.2) is 19.5 Å². The molecule has 262 valence electrons. The van der Waals surface area contributed by atoms with Crippen molar-refractivity contribution in [3.8, 4) is 62.1 Å². The third kappa shape index (κ3) is 5.32. The first kappa shape index (κ1) is 32.2. The number of nitrogens with zero attached hydrogens (tertiary/aromatic N) is 4. The molecule has 3 aromatic heterocycles. The molecule has 0 unspecified atom stereocenters. The fraction of sp³-hybridized carbons (Fsp3) is 0. The second-order valence-corrected chi connectivity index (χ2v) is 15.0. The van der Waals surface area contributed by atoms with E-state index in [4.69, 9.17) is 15.0 Å². The van der Waals surface area contributed by atoms with Gasteiger partial charge in [-0.1, -0.05) is 158 Å². The summed E-state index contributed by atoms with van der Waals surface area (Å²) in [7, 11) is 0. The Hall–Kier alpha value is -7.21. The van der Waals surface area contributed by atoms with Crippen LogP contribution in [0.5, 0.6) is 0 Å². The van der Waals surface area contributed by atoms with E-state index in [1.165, 1.54) is 36.5 Å². The van der Waals surface area contributed by atoms with Crippen molar-refractivity contribution in [2.24, 2.45) is 0 Å². The molecular formula is C51H32N4S. The van der Waals surface area contributed by atoms with Crippen LogP contribution in [0, 0.1) is 0 Å². The smallest absolute Gasteiger partial charge is 0.165 e. The van der Waals surface area contributed by atoms with Crippen molar-refractivity contribution in [1.29, 1.82) is 0 Å². The minimum atomic E-state index is 0.630. The normalized spacial score (nSPS) is 11.6. The van der Waals surface area contributed by atoms with Gasteiger partial charge in [0.25, 0.3) is 0 Å². The van der Waals surface area contributed by atoms with E-state index in [-0.39, 0.29) is 0 Å². The van der Waals surface area contributed by atoms with Gasteiger partial charge in [-0.05, 0) is 58.7 Å². The molecule has 11 rings (SSSR count). The van der Waals surface area contributed by atoms with Crippen molar-refractivity contribution in [2.75, 3.05) is 0 Å². The number of hydrogen-bond acceptors (Lipinski definition) is 4. The third-order valence-corrected chi connectivity index (χ3v) is 11.9. The van der Waals surface area contributed by atoms with Gasteiger partial charge in [-0.25, -0.2) is 15.0 Å². The van der Waals surface area contributed by atoms with Crippen molar-refractivity contribution in [2.45, 2.75) is 0 Å². The Morgan fingerprint density at radius 2 is 0.857 bits per heavy atom. The van der Waals surface area contributed by atoms with E-state index in [1.54, 1.807) is 11.3 Å². The summed E-state index contributed by atoms with van der Waals surface area (Å²) in [6, 6.07) is 68.5. The van der Waals surface area contributed by atoms with E-state index in [2.05, 4.69) is 193 Å². The lowest BCUT2D eigenvalue weighted by Gasteiger charge is -2.14. The van der Waals surface area contributed by atoms with Gasteiger partial charge >= 0.3 is 0 Å². The van der Waals surface area contributed by atoms with Gasteiger partial charge in [0.15, 0.2) is 17.5 Å². The lowest BCUT2D eigenvalue weighted by Crippen LogP contribution is -2.02. The van der Waals surface area contributed by atoms with Crippen molar-refractivity contribution < 1.29 is 0 Å². The molecule has 11 aromatic rings. The van der Waals surface area contributed by atoms with Gasteiger partial charge < -0.3 is 4.57 Å². The summed E-state index contributed by atoms with van der Waals surface area (Å²) in [5, 5.41) is 4.89. The summed E-state index contributed by atoms with van der Waals surface area (Å²) in [6.07, 6.45) is 0. The Balaban J connectivity index is 1.16. The molecule has 0 aliphatic carbocycles. The lowest BCUT2D eigenvalue weighted by atomic mass is 9.97. The summed E-state index contributed by atoms with van der Waals surface area (Å²) < 4.78 is 4.77. The number of rotatable bonds is 6. The first-order chi connectivity index (χ1) is 27.8. The molecule has 0 radical (unpaired) electrons. The average molecular weight is 733 g/mol. The molecular weight excluding hydrogens is 701 g/mol. The molecule has 4 nitrogen and oxygen atoms in total. The molecule has 0 saturated carbocycles. The Kier molecular flexibility index (Phi) is 7.64. The maximum Gasteiger partial charge on any atom is 0.165 e. The molecule has 8 aromatic carbocycles. The molecule has 0 aliphatic rings. The second kappa shape index (κ2) is 13.3. The summed E-state index contributed by atoms with van der Waals surface area (Å²) in [5.74, 6) is 1.92. The van der Waals surface area contributed by atoms with Crippen LogP contribution >= 0.6 is 11.3 Å². The fourth-order valence-corrected chi connectivity index (χ4v) is 9.34. The van der Waals surface area contributed by atoms with E-state index in [9.17, 15) is 0 Å². The first-order valence-corrected chi connectivity index (χ1v) is 19.6. The summed E-state index contributed by atoms with van der Waals surface area (Å²) >= 11 is 1.79. The molecule has 56 heavy (non-hydrogen) atoms. The van der Waals surface area contributed by atoms with Crippen molar-refractivity contribution in [1.82, 2.24) is 19.5 Å². The SMILES string of the molecule is c1ccc(-c2ccccc2-c2nc(-c3ccccc3-c3ccc4c5ccccc5n(-c5ccccc5)c4c3)nc(-c3cccc4c3sc3ccccc34)n2)cc1. The lowest BCUT2D eigenvalue weighted by molar-refractivity contribution is 1.08. The van der Waals surface area contributed by atoms with E-state index < -0.39 is 0 Å². The minimum absolute atomic E-state index is 0.630. The molecule has 5 heteroatoms. The monoisotopic (exact) mass is 732 g/mol. The van der Waals surface area contributed by atoms with E-state index in [0.29, 0.717) is 17.5 Å². The third-order valence-electron chi connectivity index (χ3n) is 10.7. The van der Waals surface area contributed by atoms with Crippen LogP contribution in [0.4, 0.5) is 0 Å². The van der Waals surface area contributed by atoms with Gasteiger partial charge in [-0.2, -0.15) is 0 Å². The molecule has 0 atom stereocenters. The molecule has 0 saturated heterocycles. The summed E-state index contributed by atoms with van der Waals surface area (Å²) in [6.45, 7) is 0. The second-order valence-electron chi connectivity index (χ2n) is 14.0. The number of benzene rings is 8. The Labute approximate surface area is 327 Å². The van der Waals surface area contributed by atoms with Crippen LogP contribution < -0.4 is 0 Å². The van der Waals surface area contributed by atoms with Gasteiger partial charge in [0.2, 0.25) is 0 Å². The first-order valence-electron chi connectivity index (χ1n) is 18.8. The highest BCUT2D eigenvalue weighted by Crippen LogP contribution is 2.42. The van der Waals surface area contributed by atoms with Gasteiger partial charge in [0.05, 0.1) is 11.0 Å². The Morgan fingerprint density at radius 1 is 0.339 bits per heavy atom. The minimum Gasteiger partial charge on any atom is -0.309 e. The standard InChI is InChI=1S/C51H32N4S/c1-3-16-33(17-4-1)36-20-7-9-24-42(36)49-52-50(54-51(53-49)44-27-15-26-41-40-23-12-14-29-47(40)56-48(41)44)43-25-10-8-21-37(43)34-30-31-39-38-22-11-13-28-45(38)55(46(39)32-34)35-18-5-2-6-19-35/h1-32H. The Morgan fingerprint density at radius 3 is 1.59 bits per heavy atom. The van der Waals surface area contributed by atoms with Crippen molar-refractivity contribution >= 4 is 53.3 Å². The predicted octanol–water partition coefficient (Wildman–Crippen LogP) is 13.7. The van der Waals surface area contributed by atoms with Crippen LogP contribution in [0.25, 0.3) is 104 Å². The number of fused-ring (bicyclic) bond motifs is 6. The van der Waals surface area contributed by atoms with Gasteiger partial charge in [-0.15, -0.1) is 11.3 Å². The van der Waals surface area contributed by atoms with Gasteiger partial charge in [0.1, 0.15) is 0 Å². The van der Waals surface area contributed by atoms with Crippen LogP contribution in [0.3, 0.4) is 0 Å². The zero-order valence-electron chi connectivity index (χ0n) is 30.2. The van der Waals surface area contributed by atoms with Crippen LogP contribution in [0.2, 0.25) is 0 Å². The number of thiophene rings is 1. The van der Waals surface area contributed by atoms with E-state index in [1.807, 2.05) is 6.07 Å². The van der Waals surface area contributed by atoms with Crippen molar-refractivity contribution in [3.05, 3.63) is 194 Å². The zero-order chi connectivity index (χ0) is 37.0. The predicted molar refractivity (Wildman–Crippen MR) is 234 cm³/mol. The molecule has 0 amide bonds. The topological polar surface area (TPSA) is 43.6 Å². The molecule has 0 aliphatic heterocycles. The van der Waals surface area contributed by atoms with Gasteiger partial charge in [0, 0.05) is 53.3 Å². The largest absolute Gasteiger partial charge is 0.309 e. The summed E-state index contributed by atoms with van der Waals surface area (Å²) in [4.78, 5) is 16.0. The molecule has 0 fully saturated rings. The highest BCUT2D eigenvalue weighted by atomic mass is 32.1. The van der Waals surface area contributed by atoms with Crippen LogP contribution in [0.15, 0.2) is 194 Å². The highest BCUT2D eigenvalue weighted by Gasteiger charge is 2.21. The summed E-state index contributed by atoms with van der Waals surface area (Å²) in [5.41, 5.74) is 10.7.